The number of hydrogen-bond acceptors (Lipinski definition) is 1. The van der Waals surface area contributed by atoms with Crippen molar-refractivity contribution in [2.24, 2.45) is 0 Å². The molecule has 0 amide bonds. The van der Waals surface area contributed by atoms with Gasteiger partial charge in [0.15, 0.2) is 0 Å². The summed E-state index contributed by atoms with van der Waals surface area (Å²) in [4.78, 5) is 0. The Bertz CT molecular complexity index is 514. The molecule has 106 valence electrons. The van der Waals surface area contributed by atoms with Crippen LogP contribution in [-0.4, -0.2) is 0 Å². The lowest BCUT2D eigenvalue weighted by Gasteiger charge is -2.08. The first kappa shape index (κ1) is 14.6. The van der Waals surface area contributed by atoms with Gasteiger partial charge in [0.1, 0.15) is 12.4 Å². The number of ether oxygens (including phenoxy) is 1. The fourth-order valence-electron chi connectivity index (χ4n) is 2.24. The van der Waals surface area contributed by atoms with E-state index in [1.54, 1.807) is 0 Å². The lowest BCUT2D eigenvalue weighted by molar-refractivity contribution is 0.306. The molecule has 0 spiro atoms. The molecule has 0 saturated carbocycles. The second-order valence-corrected chi connectivity index (χ2v) is 5.21. The first-order valence-corrected chi connectivity index (χ1v) is 7.61. The summed E-state index contributed by atoms with van der Waals surface area (Å²) in [7, 11) is 0. The summed E-state index contributed by atoms with van der Waals surface area (Å²) in [5.41, 5.74) is 3.99. The number of unbranched alkanes of at least 4 members (excludes halogenated alkanes) is 1. The van der Waals surface area contributed by atoms with Crippen molar-refractivity contribution in [3.05, 3.63) is 65.2 Å². The Kier molecular flexibility index (Phi) is 5.67. The van der Waals surface area contributed by atoms with Crippen molar-refractivity contribution in [1.82, 2.24) is 0 Å². The van der Waals surface area contributed by atoms with E-state index in [0.29, 0.717) is 6.61 Å². The molecule has 0 heterocycles. The molecule has 0 unspecified atom stereocenters. The maximum absolute atomic E-state index is 5.85. The normalized spacial score (nSPS) is 10.5. The molecule has 0 saturated heterocycles. The molecule has 20 heavy (non-hydrogen) atoms. The third-order valence-corrected chi connectivity index (χ3v) is 3.55. The van der Waals surface area contributed by atoms with E-state index in [4.69, 9.17) is 4.74 Å². The summed E-state index contributed by atoms with van der Waals surface area (Å²) in [6.45, 7) is 5.04. The van der Waals surface area contributed by atoms with Gasteiger partial charge in [-0.15, -0.1) is 0 Å². The van der Waals surface area contributed by atoms with Crippen LogP contribution in [0.2, 0.25) is 0 Å². The Morgan fingerprint density at radius 2 is 1.60 bits per heavy atom. The van der Waals surface area contributed by atoms with Crippen LogP contribution >= 0.6 is 0 Å². The topological polar surface area (TPSA) is 9.23 Å². The van der Waals surface area contributed by atoms with E-state index >= 15 is 0 Å². The molecule has 0 aromatic heterocycles. The second kappa shape index (κ2) is 7.74. The second-order valence-electron chi connectivity index (χ2n) is 5.21. The van der Waals surface area contributed by atoms with E-state index in [1.165, 1.54) is 29.5 Å². The molecule has 0 bridgehead atoms. The van der Waals surface area contributed by atoms with Gasteiger partial charge in [0.25, 0.3) is 0 Å². The summed E-state index contributed by atoms with van der Waals surface area (Å²) in [6, 6.07) is 17.1. The third kappa shape index (κ3) is 4.41. The van der Waals surface area contributed by atoms with Crippen LogP contribution in [0.5, 0.6) is 5.75 Å². The number of hydrogen-bond donors (Lipinski definition) is 0. The molecule has 0 radical (unpaired) electrons. The molecule has 0 fully saturated rings. The Morgan fingerprint density at radius 3 is 2.30 bits per heavy atom. The summed E-state index contributed by atoms with van der Waals surface area (Å²) < 4.78 is 5.85. The molecule has 0 atom stereocenters. The standard InChI is InChI=1S/C19H24O/c1-3-5-7-17-10-12-19(13-11-17)20-15-18-9-6-8-16(4-2)14-18/h6,8-14H,3-5,7,15H2,1-2H3. The van der Waals surface area contributed by atoms with E-state index in [0.717, 1.165) is 18.6 Å². The van der Waals surface area contributed by atoms with Crippen LogP contribution in [0.3, 0.4) is 0 Å². The van der Waals surface area contributed by atoms with Crippen LogP contribution in [0.1, 0.15) is 43.4 Å². The predicted molar refractivity (Wildman–Crippen MR) is 85.2 cm³/mol. The summed E-state index contributed by atoms with van der Waals surface area (Å²) in [5, 5.41) is 0. The van der Waals surface area contributed by atoms with Gasteiger partial charge in [0.05, 0.1) is 0 Å². The van der Waals surface area contributed by atoms with Crippen LogP contribution < -0.4 is 4.74 Å². The molecule has 2 aromatic rings. The van der Waals surface area contributed by atoms with Crippen molar-refractivity contribution in [2.75, 3.05) is 0 Å². The van der Waals surface area contributed by atoms with Gasteiger partial charge in [-0.25, -0.2) is 0 Å². The molecular formula is C19H24O. The molecule has 0 aliphatic rings. The number of aryl methyl sites for hydroxylation is 2. The first-order valence-electron chi connectivity index (χ1n) is 7.61. The zero-order valence-electron chi connectivity index (χ0n) is 12.6. The van der Waals surface area contributed by atoms with Gasteiger partial charge >= 0.3 is 0 Å². The van der Waals surface area contributed by atoms with Crippen molar-refractivity contribution in [2.45, 2.75) is 46.1 Å². The predicted octanol–water partition coefficient (Wildman–Crippen LogP) is 5.17. The third-order valence-electron chi connectivity index (χ3n) is 3.55. The number of rotatable bonds is 7. The Hall–Kier alpha value is -1.76. The van der Waals surface area contributed by atoms with Gasteiger partial charge in [-0.05, 0) is 48.1 Å². The monoisotopic (exact) mass is 268 g/mol. The maximum atomic E-state index is 5.85. The molecule has 0 aliphatic heterocycles. The van der Waals surface area contributed by atoms with Crippen molar-refractivity contribution >= 4 is 0 Å². The van der Waals surface area contributed by atoms with Crippen LogP contribution in [0.25, 0.3) is 0 Å². The van der Waals surface area contributed by atoms with E-state index in [-0.39, 0.29) is 0 Å². The average Bonchev–Trinajstić information content (AvgIpc) is 2.52. The SMILES string of the molecule is CCCCc1ccc(OCc2cccc(CC)c2)cc1. The summed E-state index contributed by atoms with van der Waals surface area (Å²) >= 11 is 0. The first-order chi connectivity index (χ1) is 9.81. The van der Waals surface area contributed by atoms with Crippen molar-refractivity contribution in [3.8, 4) is 5.75 Å². The highest BCUT2D eigenvalue weighted by Gasteiger charge is 1.98. The van der Waals surface area contributed by atoms with E-state index in [2.05, 4.69) is 62.4 Å². The summed E-state index contributed by atoms with van der Waals surface area (Å²) in [6.07, 6.45) is 4.73. The average molecular weight is 268 g/mol. The molecule has 2 rings (SSSR count). The van der Waals surface area contributed by atoms with Crippen LogP contribution in [-0.2, 0) is 19.4 Å². The molecule has 0 N–H and O–H groups in total. The molecular weight excluding hydrogens is 244 g/mol. The largest absolute Gasteiger partial charge is 0.489 e. The lowest BCUT2D eigenvalue weighted by Crippen LogP contribution is -1.96. The minimum atomic E-state index is 0.641. The zero-order chi connectivity index (χ0) is 14.2. The Labute approximate surface area is 122 Å². The summed E-state index contributed by atoms with van der Waals surface area (Å²) in [5.74, 6) is 0.951. The van der Waals surface area contributed by atoms with Gasteiger partial charge in [-0.1, -0.05) is 56.7 Å². The Balaban J connectivity index is 1.89. The highest BCUT2D eigenvalue weighted by atomic mass is 16.5. The molecule has 1 heteroatoms. The van der Waals surface area contributed by atoms with E-state index in [1.807, 2.05) is 0 Å². The van der Waals surface area contributed by atoms with Crippen molar-refractivity contribution in [1.29, 1.82) is 0 Å². The molecule has 0 aliphatic carbocycles. The van der Waals surface area contributed by atoms with Gasteiger partial charge in [0.2, 0.25) is 0 Å². The van der Waals surface area contributed by atoms with Crippen LogP contribution in [0.4, 0.5) is 0 Å². The van der Waals surface area contributed by atoms with E-state index < -0.39 is 0 Å². The van der Waals surface area contributed by atoms with Crippen LogP contribution in [0.15, 0.2) is 48.5 Å². The Morgan fingerprint density at radius 1 is 0.850 bits per heavy atom. The minimum Gasteiger partial charge on any atom is -0.489 e. The van der Waals surface area contributed by atoms with Gasteiger partial charge in [0, 0.05) is 0 Å². The van der Waals surface area contributed by atoms with Crippen molar-refractivity contribution in [3.63, 3.8) is 0 Å². The van der Waals surface area contributed by atoms with Gasteiger partial charge in [-0.2, -0.15) is 0 Å². The lowest BCUT2D eigenvalue weighted by atomic mass is 10.1. The molecule has 1 nitrogen and oxygen atoms in total. The fourth-order valence-corrected chi connectivity index (χ4v) is 2.24. The van der Waals surface area contributed by atoms with Crippen molar-refractivity contribution < 1.29 is 4.74 Å². The zero-order valence-corrected chi connectivity index (χ0v) is 12.6. The van der Waals surface area contributed by atoms with Gasteiger partial charge < -0.3 is 4.74 Å². The minimum absolute atomic E-state index is 0.641. The highest BCUT2D eigenvalue weighted by Crippen LogP contribution is 2.16. The van der Waals surface area contributed by atoms with Gasteiger partial charge in [-0.3, -0.25) is 0 Å². The quantitative estimate of drug-likeness (QED) is 0.673. The smallest absolute Gasteiger partial charge is 0.119 e. The number of benzene rings is 2. The van der Waals surface area contributed by atoms with E-state index in [9.17, 15) is 0 Å². The fraction of sp³-hybridized carbons (Fsp3) is 0.368. The molecule has 2 aromatic carbocycles. The van der Waals surface area contributed by atoms with Crippen LogP contribution in [0, 0.1) is 0 Å². The maximum Gasteiger partial charge on any atom is 0.119 e. The highest BCUT2D eigenvalue weighted by molar-refractivity contribution is 5.28.